The van der Waals surface area contributed by atoms with Crippen molar-refractivity contribution in [1.82, 2.24) is 0 Å². The van der Waals surface area contributed by atoms with Crippen LogP contribution in [0.5, 0.6) is 0 Å². The highest BCUT2D eigenvalue weighted by Crippen LogP contribution is 2.45. The van der Waals surface area contributed by atoms with Crippen molar-refractivity contribution in [2.75, 3.05) is 0 Å². The molecule has 156 valence electrons. The summed E-state index contributed by atoms with van der Waals surface area (Å²) in [7, 11) is 0. The number of carboxylic acid groups (broad SMARTS) is 1. The second kappa shape index (κ2) is 11.0. The fourth-order valence-electron chi connectivity index (χ4n) is 4.00. The number of carbonyl (C=O) groups is 2. The van der Waals surface area contributed by atoms with E-state index >= 15 is 0 Å². The molecule has 0 aliphatic heterocycles. The van der Waals surface area contributed by atoms with Crippen molar-refractivity contribution in [3.63, 3.8) is 0 Å². The first kappa shape index (κ1) is 23.8. The summed E-state index contributed by atoms with van der Waals surface area (Å²) < 4.78 is 0. The van der Waals surface area contributed by atoms with Crippen LogP contribution in [0.1, 0.15) is 91.4 Å². The van der Waals surface area contributed by atoms with Gasteiger partial charge in [0.1, 0.15) is 5.78 Å². The minimum absolute atomic E-state index is 0.146. The van der Waals surface area contributed by atoms with E-state index in [1.54, 1.807) is 0 Å². The molecule has 1 saturated carbocycles. The number of carboxylic acids is 1. The van der Waals surface area contributed by atoms with E-state index in [0.717, 1.165) is 51.4 Å². The van der Waals surface area contributed by atoms with Crippen LogP contribution in [0.25, 0.3) is 0 Å². The highest BCUT2D eigenvalue weighted by Gasteiger charge is 2.44. The van der Waals surface area contributed by atoms with Crippen LogP contribution in [0.2, 0.25) is 0 Å². The summed E-state index contributed by atoms with van der Waals surface area (Å²) in [5.74, 6) is -0.746. The van der Waals surface area contributed by atoms with Gasteiger partial charge in [0.2, 0.25) is 0 Å². The Labute approximate surface area is 163 Å². The fraction of sp³-hybridized carbons (Fsp3) is 0.818. The van der Waals surface area contributed by atoms with E-state index in [2.05, 4.69) is 6.92 Å². The van der Waals surface area contributed by atoms with E-state index in [1.165, 1.54) is 0 Å². The van der Waals surface area contributed by atoms with E-state index in [9.17, 15) is 19.8 Å². The van der Waals surface area contributed by atoms with Gasteiger partial charge in [0, 0.05) is 11.8 Å². The second-order valence-electron chi connectivity index (χ2n) is 8.61. The topological polar surface area (TPSA) is 94.8 Å². The number of rotatable bonds is 13. The van der Waals surface area contributed by atoms with Crippen LogP contribution >= 0.6 is 0 Å². The van der Waals surface area contributed by atoms with Crippen LogP contribution in [0.15, 0.2) is 12.2 Å². The second-order valence-corrected chi connectivity index (χ2v) is 8.61. The number of allylic oxidation sites excluding steroid dienone is 1. The molecule has 4 atom stereocenters. The number of aliphatic hydroxyl groups is 2. The molecule has 0 aromatic carbocycles. The smallest absolute Gasteiger partial charge is 0.332 e. The number of aliphatic hydroxyl groups excluding tert-OH is 1. The van der Waals surface area contributed by atoms with Gasteiger partial charge in [-0.25, -0.2) is 4.79 Å². The molecule has 2 unspecified atom stereocenters. The van der Waals surface area contributed by atoms with Crippen molar-refractivity contribution in [1.29, 1.82) is 0 Å². The van der Waals surface area contributed by atoms with E-state index in [4.69, 9.17) is 5.11 Å². The van der Waals surface area contributed by atoms with E-state index in [1.807, 2.05) is 26.0 Å². The minimum Gasteiger partial charge on any atom is -0.479 e. The van der Waals surface area contributed by atoms with Crippen molar-refractivity contribution < 1.29 is 24.9 Å². The average Bonchev–Trinajstić information content (AvgIpc) is 2.87. The lowest BCUT2D eigenvalue weighted by Crippen LogP contribution is -2.29. The number of unbranched alkanes of at least 4 members (excludes halogenated alkanes) is 4. The average molecular weight is 383 g/mol. The molecule has 1 aliphatic rings. The molecule has 0 aromatic rings. The van der Waals surface area contributed by atoms with Crippen LogP contribution in [-0.2, 0) is 9.59 Å². The SMILES string of the molecule is CCCCCC(C)(O)C=C[C@H]1CCC(=O)[C@]1(C)CCCCCC(O)C(=O)O. The van der Waals surface area contributed by atoms with Crippen molar-refractivity contribution in [2.24, 2.45) is 11.3 Å². The van der Waals surface area contributed by atoms with Crippen LogP contribution < -0.4 is 0 Å². The van der Waals surface area contributed by atoms with Crippen molar-refractivity contribution >= 4 is 11.8 Å². The van der Waals surface area contributed by atoms with Crippen LogP contribution in [0, 0.1) is 11.3 Å². The zero-order valence-corrected chi connectivity index (χ0v) is 17.2. The fourth-order valence-corrected chi connectivity index (χ4v) is 4.00. The van der Waals surface area contributed by atoms with Gasteiger partial charge in [-0.05, 0) is 38.5 Å². The quantitative estimate of drug-likeness (QED) is 0.327. The standard InChI is InChI=1S/C22H38O5/c1-4-5-8-14-21(2,27)16-13-17-11-12-19(24)22(17,3)15-9-6-7-10-18(23)20(25)26/h13,16-18,23,27H,4-12,14-15H2,1-3H3,(H,25,26)/t17-,18?,21?,22-/m1/s1. The molecule has 0 saturated heterocycles. The van der Waals surface area contributed by atoms with Gasteiger partial charge in [-0.15, -0.1) is 0 Å². The molecule has 5 heteroatoms. The Kier molecular flexibility index (Phi) is 9.68. The lowest BCUT2D eigenvalue weighted by molar-refractivity contribution is -0.147. The molecule has 0 amide bonds. The number of hydrogen-bond acceptors (Lipinski definition) is 4. The van der Waals surface area contributed by atoms with Gasteiger partial charge in [0.05, 0.1) is 5.60 Å². The number of aliphatic carboxylic acids is 1. The van der Waals surface area contributed by atoms with E-state index in [0.29, 0.717) is 12.8 Å². The third-order valence-corrected chi connectivity index (χ3v) is 6.07. The molecule has 0 bridgehead atoms. The normalized spacial score (nSPS) is 26.4. The molecule has 5 nitrogen and oxygen atoms in total. The molecule has 3 N–H and O–H groups in total. The van der Waals surface area contributed by atoms with Gasteiger partial charge >= 0.3 is 5.97 Å². The first-order chi connectivity index (χ1) is 12.6. The zero-order valence-electron chi connectivity index (χ0n) is 17.2. The number of hydrogen-bond donors (Lipinski definition) is 3. The molecular formula is C22H38O5. The van der Waals surface area contributed by atoms with Crippen molar-refractivity contribution in [3.8, 4) is 0 Å². The molecule has 1 fully saturated rings. The third kappa shape index (κ3) is 7.74. The summed E-state index contributed by atoms with van der Waals surface area (Å²) in [5.41, 5.74) is -1.23. The van der Waals surface area contributed by atoms with E-state index < -0.39 is 23.1 Å². The predicted molar refractivity (Wildman–Crippen MR) is 106 cm³/mol. The van der Waals surface area contributed by atoms with Gasteiger partial charge in [-0.1, -0.05) is 64.5 Å². The maximum absolute atomic E-state index is 12.5. The molecular weight excluding hydrogens is 344 g/mol. The van der Waals surface area contributed by atoms with Crippen LogP contribution in [-0.4, -0.2) is 38.8 Å². The first-order valence-corrected chi connectivity index (χ1v) is 10.5. The van der Waals surface area contributed by atoms with Gasteiger partial charge in [0.15, 0.2) is 6.10 Å². The Balaban J connectivity index is 2.53. The number of carbonyl (C=O) groups excluding carboxylic acids is 1. The lowest BCUT2D eigenvalue weighted by atomic mass is 9.74. The third-order valence-electron chi connectivity index (χ3n) is 6.07. The summed E-state index contributed by atoms with van der Waals surface area (Å²) in [6.07, 6.45) is 11.3. The molecule has 0 aromatic heterocycles. The van der Waals surface area contributed by atoms with Crippen molar-refractivity contribution in [3.05, 3.63) is 12.2 Å². The Bertz CT molecular complexity index is 511. The Morgan fingerprint density at radius 3 is 2.63 bits per heavy atom. The summed E-state index contributed by atoms with van der Waals surface area (Å²) in [4.78, 5) is 23.1. The largest absolute Gasteiger partial charge is 0.479 e. The molecule has 1 aliphatic carbocycles. The lowest BCUT2D eigenvalue weighted by Gasteiger charge is -2.29. The molecule has 27 heavy (non-hydrogen) atoms. The molecule has 1 rings (SSSR count). The van der Waals surface area contributed by atoms with Gasteiger partial charge in [-0.2, -0.15) is 0 Å². The maximum Gasteiger partial charge on any atom is 0.332 e. The van der Waals surface area contributed by atoms with Gasteiger partial charge in [-0.3, -0.25) is 4.79 Å². The number of Topliss-reactive ketones (excluding diaryl/α,β-unsaturated/α-hetero) is 1. The molecule has 0 heterocycles. The molecule has 0 radical (unpaired) electrons. The highest BCUT2D eigenvalue weighted by atomic mass is 16.4. The Hall–Kier alpha value is -1.20. The summed E-state index contributed by atoms with van der Waals surface area (Å²) in [6.45, 7) is 6.00. The zero-order chi connectivity index (χ0) is 20.5. The summed E-state index contributed by atoms with van der Waals surface area (Å²) >= 11 is 0. The first-order valence-electron chi connectivity index (χ1n) is 10.5. The number of ketones is 1. The summed E-state index contributed by atoms with van der Waals surface area (Å²) in [6, 6.07) is 0. The molecule has 0 spiro atoms. The van der Waals surface area contributed by atoms with Gasteiger partial charge in [0.25, 0.3) is 0 Å². The monoisotopic (exact) mass is 382 g/mol. The Morgan fingerprint density at radius 1 is 1.30 bits per heavy atom. The summed E-state index contributed by atoms with van der Waals surface area (Å²) in [5, 5.41) is 28.5. The Morgan fingerprint density at radius 2 is 2.00 bits per heavy atom. The van der Waals surface area contributed by atoms with Crippen molar-refractivity contribution in [2.45, 2.75) is 103 Å². The van der Waals surface area contributed by atoms with E-state index in [-0.39, 0.29) is 18.1 Å². The van der Waals surface area contributed by atoms with Crippen LogP contribution in [0.4, 0.5) is 0 Å². The highest BCUT2D eigenvalue weighted by molar-refractivity contribution is 5.87. The minimum atomic E-state index is -1.29. The van der Waals surface area contributed by atoms with Crippen LogP contribution in [0.3, 0.4) is 0 Å². The van der Waals surface area contributed by atoms with Gasteiger partial charge < -0.3 is 15.3 Å². The maximum atomic E-state index is 12.5. The predicted octanol–water partition coefficient (Wildman–Crippen LogP) is 4.26.